The molecule has 140 valence electrons. The summed E-state index contributed by atoms with van der Waals surface area (Å²) in [6.45, 7) is 2.12. The minimum Gasteiger partial charge on any atom is -0.481 e. The molecule has 3 nitrogen and oxygen atoms in total. The first-order chi connectivity index (χ1) is 12.2. The summed E-state index contributed by atoms with van der Waals surface area (Å²) in [6, 6.07) is 12.6. The third kappa shape index (κ3) is 5.14. The Morgan fingerprint density at radius 1 is 1.19 bits per heavy atom. The summed E-state index contributed by atoms with van der Waals surface area (Å²) in [6.07, 6.45) is -5.15. The molecule has 0 aliphatic heterocycles. The molecule has 7 heteroatoms. The number of amides is 1. The summed E-state index contributed by atoms with van der Waals surface area (Å²) >= 11 is 5.60. The zero-order valence-corrected chi connectivity index (χ0v) is 15.1. The fourth-order valence-electron chi connectivity index (χ4n) is 2.45. The van der Waals surface area contributed by atoms with Crippen LogP contribution in [0.2, 0.25) is 5.02 Å². The van der Waals surface area contributed by atoms with Crippen molar-refractivity contribution in [2.24, 2.45) is 0 Å². The molecule has 2 rings (SSSR count). The van der Waals surface area contributed by atoms with Crippen LogP contribution in [0.25, 0.3) is 0 Å². The van der Waals surface area contributed by atoms with Gasteiger partial charge in [-0.3, -0.25) is 4.79 Å². The molecular formula is C19H19ClF3NO2. The second kappa shape index (κ2) is 8.45. The number of halogens is 4. The summed E-state index contributed by atoms with van der Waals surface area (Å²) in [4.78, 5) is 14.1. The van der Waals surface area contributed by atoms with E-state index in [1.807, 2.05) is 30.3 Å². The highest BCUT2D eigenvalue weighted by molar-refractivity contribution is 6.31. The van der Waals surface area contributed by atoms with E-state index >= 15 is 0 Å². The number of alkyl halides is 3. The first-order valence-electron chi connectivity index (χ1n) is 8.04. The largest absolute Gasteiger partial charge is 0.481 e. The van der Waals surface area contributed by atoms with Gasteiger partial charge in [-0.05, 0) is 30.2 Å². The highest BCUT2D eigenvalue weighted by Gasteiger charge is 2.34. The van der Waals surface area contributed by atoms with Crippen LogP contribution in [0.15, 0.2) is 48.5 Å². The van der Waals surface area contributed by atoms with Gasteiger partial charge in [0.15, 0.2) is 6.10 Å². The normalized spacial score (nSPS) is 12.5. The zero-order valence-electron chi connectivity index (χ0n) is 14.4. The van der Waals surface area contributed by atoms with Crippen LogP contribution in [0.1, 0.15) is 24.5 Å². The molecule has 0 N–H and O–H groups in total. The van der Waals surface area contributed by atoms with Crippen LogP contribution in [0, 0.1) is 0 Å². The number of carbonyl (C=O) groups is 1. The standard InChI is InChI=1S/C19H19ClF3NO2/c1-3-17(18(25)24(2)12-13-7-5-4-6-8-13)26-14-9-10-16(20)15(11-14)19(21,22)23/h4-11,17H,3,12H2,1-2H3. The lowest BCUT2D eigenvalue weighted by molar-refractivity contribution is -0.138. The summed E-state index contributed by atoms with van der Waals surface area (Å²) < 4.78 is 44.4. The molecule has 26 heavy (non-hydrogen) atoms. The predicted octanol–water partition coefficient (Wildman–Crippen LogP) is 5.17. The topological polar surface area (TPSA) is 29.5 Å². The number of nitrogens with zero attached hydrogens (tertiary/aromatic N) is 1. The molecule has 0 bridgehead atoms. The lowest BCUT2D eigenvalue weighted by atomic mass is 10.1. The fourth-order valence-corrected chi connectivity index (χ4v) is 2.67. The number of carbonyl (C=O) groups excluding carboxylic acids is 1. The van der Waals surface area contributed by atoms with E-state index in [2.05, 4.69) is 0 Å². The molecule has 0 aliphatic carbocycles. The molecular weight excluding hydrogens is 367 g/mol. The Bertz CT molecular complexity index is 750. The molecule has 1 unspecified atom stereocenters. The molecule has 0 saturated carbocycles. The fraction of sp³-hybridized carbons (Fsp3) is 0.316. The number of hydrogen-bond donors (Lipinski definition) is 0. The maximum atomic E-state index is 13.0. The summed E-state index contributed by atoms with van der Waals surface area (Å²) in [5.74, 6) is -0.352. The highest BCUT2D eigenvalue weighted by Crippen LogP contribution is 2.37. The average Bonchev–Trinajstić information content (AvgIpc) is 2.60. The summed E-state index contributed by atoms with van der Waals surface area (Å²) in [5, 5.41) is -0.412. The van der Waals surface area contributed by atoms with Crippen molar-refractivity contribution in [2.75, 3.05) is 7.05 Å². The van der Waals surface area contributed by atoms with Crippen molar-refractivity contribution >= 4 is 17.5 Å². The molecule has 0 aromatic heterocycles. The van der Waals surface area contributed by atoms with E-state index in [0.717, 1.165) is 17.7 Å². The van der Waals surface area contributed by atoms with Crippen molar-refractivity contribution < 1.29 is 22.7 Å². The van der Waals surface area contributed by atoms with Crippen LogP contribution in [0.4, 0.5) is 13.2 Å². The predicted molar refractivity (Wildman–Crippen MR) is 94.1 cm³/mol. The second-order valence-corrected chi connectivity index (χ2v) is 6.24. The van der Waals surface area contributed by atoms with Crippen molar-refractivity contribution in [3.63, 3.8) is 0 Å². The monoisotopic (exact) mass is 385 g/mol. The van der Waals surface area contributed by atoms with Crippen LogP contribution in [-0.4, -0.2) is 24.0 Å². The quantitative estimate of drug-likeness (QED) is 0.686. The Morgan fingerprint density at radius 2 is 1.85 bits per heavy atom. The Balaban J connectivity index is 2.12. The van der Waals surface area contributed by atoms with E-state index in [-0.39, 0.29) is 11.7 Å². The molecule has 0 fully saturated rings. The van der Waals surface area contributed by atoms with Crippen LogP contribution in [0.3, 0.4) is 0 Å². The SMILES string of the molecule is CCC(Oc1ccc(Cl)c(C(F)(F)F)c1)C(=O)N(C)Cc1ccccc1. The molecule has 0 heterocycles. The number of likely N-dealkylation sites (N-methyl/N-ethyl adjacent to an activating group) is 1. The number of benzene rings is 2. The molecule has 0 radical (unpaired) electrons. The van der Waals surface area contributed by atoms with Crippen molar-refractivity contribution in [3.05, 3.63) is 64.7 Å². The average molecular weight is 386 g/mol. The van der Waals surface area contributed by atoms with E-state index in [9.17, 15) is 18.0 Å². The van der Waals surface area contributed by atoms with Crippen LogP contribution in [0.5, 0.6) is 5.75 Å². The third-order valence-corrected chi connectivity index (χ3v) is 4.14. The Labute approximate surface area is 155 Å². The highest BCUT2D eigenvalue weighted by atomic mass is 35.5. The van der Waals surface area contributed by atoms with Crippen LogP contribution >= 0.6 is 11.6 Å². The van der Waals surface area contributed by atoms with Crippen molar-refractivity contribution in [1.29, 1.82) is 0 Å². The molecule has 1 amide bonds. The van der Waals surface area contributed by atoms with E-state index in [1.54, 1.807) is 14.0 Å². The van der Waals surface area contributed by atoms with Gasteiger partial charge in [0, 0.05) is 13.6 Å². The van der Waals surface area contributed by atoms with Gasteiger partial charge in [0.25, 0.3) is 5.91 Å². The molecule has 0 spiro atoms. The maximum Gasteiger partial charge on any atom is 0.417 e. The van der Waals surface area contributed by atoms with Gasteiger partial charge in [-0.1, -0.05) is 48.9 Å². The lowest BCUT2D eigenvalue weighted by Crippen LogP contribution is -2.39. The Kier molecular flexibility index (Phi) is 6.53. The third-order valence-electron chi connectivity index (χ3n) is 3.81. The van der Waals surface area contributed by atoms with Gasteiger partial charge in [-0.15, -0.1) is 0 Å². The lowest BCUT2D eigenvalue weighted by Gasteiger charge is -2.24. The van der Waals surface area contributed by atoms with E-state index < -0.39 is 22.9 Å². The van der Waals surface area contributed by atoms with Crippen molar-refractivity contribution in [2.45, 2.75) is 32.2 Å². The van der Waals surface area contributed by atoms with Gasteiger partial charge >= 0.3 is 6.18 Å². The van der Waals surface area contributed by atoms with Gasteiger partial charge in [0.2, 0.25) is 0 Å². The molecule has 2 aromatic carbocycles. The zero-order chi connectivity index (χ0) is 19.3. The molecule has 2 aromatic rings. The first kappa shape index (κ1) is 20.1. The van der Waals surface area contributed by atoms with Crippen LogP contribution < -0.4 is 4.74 Å². The number of hydrogen-bond acceptors (Lipinski definition) is 2. The molecule has 1 atom stereocenters. The summed E-state index contributed by atoms with van der Waals surface area (Å²) in [5.41, 5.74) is -0.0411. The van der Waals surface area contributed by atoms with Gasteiger partial charge < -0.3 is 9.64 Å². The minimum atomic E-state index is -4.59. The van der Waals surface area contributed by atoms with Gasteiger partial charge in [0.05, 0.1) is 10.6 Å². The Morgan fingerprint density at radius 3 is 2.42 bits per heavy atom. The maximum absolute atomic E-state index is 13.0. The van der Waals surface area contributed by atoms with Crippen molar-refractivity contribution in [3.8, 4) is 5.75 Å². The molecule has 0 aliphatic rings. The van der Waals surface area contributed by atoms with Gasteiger partial charge in [-0.25, -0.2) is 0 Å². The number of rotatable bonds is 6. The van der Waals surface area contributed by atoms with Crippen molar-refractivity contribution in [1.82, 2.24) is 4.90 Å². The molecule has 0 saturated heterocycles. The van der Waals surface area contributed by atoms with Gasteiger partial charge in [0.1, 0.15) is 5.75 Å². The minimum absolute atomic E-state index is 0.0463. The van der Waals surface area contributed by atoms with Crippen LogP contribution in [-0.2, 0) is 17.5 Å². The van der Waals surface area contributed by atoms with E-state index in [0.29, 0.717) is 13.0 Å². The number of ether oxygens (including phenoxy) is 1. The van der Waals surface area contributed by atoms with Gasteiger partial charge in [-0.2, -0.15) is 13.2 Å². The first-order valence-corrected chi connectivity index (χ1v) is 8.42. The Hall–Kier alpha value is -2.21. The van der Waals surface area contributed by atoms with E-state index in [1.165, 1.54) is 11.0 Å². The second-order valence-electron chi connectivity index (χ2n) is 5.83. The summed E-state index contributed by atoms with van der Waals surface area (Å²) in [7, 11) is 1.63. The van der Waals surface area contributed by atoms with E-state index in [4.69, 9.17) is 16.3 Å². The smallest absolute Gasteiger partial charge is 0.417 e.